The van der Waals surface area contributed by atoms with Crippen molar-refractivity contribution in [2.45, 2.75) is 0 Å². The number of carbonyl (C=O) groups excluding carboxylic acids is 1. The van der Waals surface area contributed by atoms with Gasteiger partial charge in [0.05, 0.1) is 34.6 Å². The van der Waals surface area contributed by atoms with Gasteiger partial charge in [0.25, 0.3) is 5.91 Å². The average Bonchev–Trinajstić information content (AvgIpc) is 3.63. The third-order valence-corrected chi connectivity index (χ3v) is 7.47. The molecule has 37 heavy (non-hydrogen) atoms. The lowest BCUT2D eigenvalue weighted by molar-refractivity contribution is -0.113. The fourth-order valence-corrected chi connectivity index (χ4v) is 5.45. The Morgan fingerprint density at radius 3 is 2.84 bits per heavy atom. The molecule has 2 aromatic heterocycles. The maximum Gasteiger partial charge on any atom is 0.283 e. The number of thiophene rings is 1. The minimum Gasteiger partial charge on any atom is -0.510 e. The number of nitrogens with one attached hydrogen (secondary N) is 1. The quantitative estimate of drug-likeness (QED) is 0.167. The topological polar surface area (TPSA) is 115 Å². The Balaban J connectivity index is 1.47. The van der Waals surface area contributed by atoms with Crippen LogP contribution >= 0.6 is 34.7 Å². The number of anilines is 1. The highest BCUT2D eigenvalue weighted by atomic mass is 35.5. The van der Waals surface area contributed by atoms with Gasteiger partial charge in [-0.2, -0.15) is 5.26 Å². The second kappa shape index (κ2) is 10.5. The number of imidazole rings is 1. The summed E-state index contributed by atoms with van der Waals surface area (Å²) in [6.45, 7) is 0. The van der Waals surface area contributed by atoms with Gasteiger partial charge in [-0.3, -0.25) is 9.69 Å². The van der Waals surface area contributed by atoms with E-state index in [1.807, 2.05) is 47.8 Å². The summed E-state index contributed by atoms with van der Waals surface area (Å²) in [5, 5.41) is 23.2. The van der Waals surface area contributed by atoms with Gasteiger partial charge in [0, 0.05) is 4.88 Å². The fraction of sp³-hybridized carbons (Fsp3) is 0.0769. The Kier molecular flexibility index (Phi) is 7.01. The molecule has 0 spiro atoms. The number of fused-ring (bicyclic) bond motifs is 1. The number of ether oxygens (including phenoxy) is 1. The van der Waals surface area contributed by atoms with Crippen molar-refractivity contribution in [3.63, 3.8) is 0 Å². The van der Waals surface area contributed by atoms with Crippen LogP contribution in [0.2, 0.25) is 5.02 Å². The number of aliphatic hydroxyl groups is 1. The minimum atomic E-state index is -0.335. The number of allylic oxidation sites excluding steroid dienone is 1. The first-order chi connectivity index (χ1) is 18.0. The van der Waals surface area contributed by atoms with Crippen LogP contribution in [0, 0.1) is 11.3 Å². The number of nitriles is 1. The highest BCUT2D eigenvalue weighted by Crippen LogP contribution is 2.35. The molecular formula is C26H18ClN5O3S2. The van der Waals surface area contributed by atoms with Gasteiger partial charge in [-0.05, 0) is 47.9 Å². The van der Waals surface area contributed by atoms with E-state index >= 15 is 0 Å². The van der Waals surface area contributed by atoms with Crippen LogP contribution in [-0.2, 0) is 4.79 Å². The number of amidine groups is 1. The van der Waals surface area contributed by atoms with E-state index in [2.05, 4.69) is 15.0 Å². The van der Waals surface area contributed by atoms with E-state index in [-0.39, 0.29) is 34.5 Å². The van der Waals surface area contributed by atoms with Crippen molar-refractivity contribution in [1.29, 1.82) is 5.26 Å². The number of aromatic nitrogens is 2. The Morgan fingerprint density at radius 2 is 2.14 bits per heavy atom. The number of H-pyrrole nitrogens is 1. The second-order valence-corrected chi connectivity index (χ2v) is 10.1. The van der Waals surface area contributed by atoms with Crippen LogP contribution in [0.25, 0.3) is 22.7 Å². The van der Waals surface area contributed by atoms with Crippen molar-refractivity contribution in [2.24, 2.45) is 4.99 Å². The predicted molar refractivity (Wildman–Crippen MR) is 149 cm³/mol. The number of para-hydroxylation sites is 2. The first-order valence-electron chi connectivity index (χ1n) is 10.9. The van der Waals surface area contributed by atoms with Gasteiger partial charge in [-0.1, -0.05) is 41.6 Å². The van der Waals surface area contributed by atoms with Gasteiger partial charge in [0.2, 0.25) is 0 Å². The lowest BCUT2D eigenvalue weighted by Gasteiger charge is -2.18. The number of hydrogen-bond acceptors (Lipinski definition) is 8. The van der Waals surface area contributed by atoms with Crippen molar-refractivity contribution in [1.82, 2.24) is 9.97 Å². The lowest BCUT2D eigenvalue weighted by Crippen LogP contribution is -2.30. The normalized spacial score (nSPS) is 15.2. The molecule has 0 saturated carbocycles. The van der Waals surface area contributed by atoms with Crippen LogP contribution in [0.5, 0.6) is 5.75 Å². The molecule has 1 aliphatic heterocycles. The number of aliphatic imine (C=N–C) groups is 1. The van der Waals surface area contributed by atoms with Crippen LogP contribution in [0.1, 0.15) is 10.7 Å². The van der Waals surface area contributed by atoms with Crippen LogP contribution in [0.4, 0.5) is 5.69 Å². The summed E-state index contributed by atoms with van der Waals surface area (Å²) in [6.07, 6.45) is 1.71. The second-order valence-electron chi connectivity index (χ2n) is 7.72. The Bertz CT molecular complexity index is 1600. The number of rotatable bonds is 6. The largest absolute Gasteiger partial charge is 0.510 e. The summed E-state index contributed by atoms with van der Waals surface area (Å²) in [5.74, 6) is 0.202. The van der Waals surface area contributed by atoms with E-state index in [9.17, 15) is 15.2 Å². The highest BCUT2D eigenvalue weighted by molar-refractivity contribution is 8.14. The number of aromatic amines is 1. The molecule has 11 heteroatoms. The third-order valence-electron chi connectivity index (χ3n) is 5.41. The number of thioether (sulfide) groups is 1. The molecule has 1 amide bonds. The summed E-state index contributed by atoms with van der Waals surface area (Å²) in [5.41, 5.74) is 2.20. The van der Waals surface area contributed by atoms with Crippen LogP contribution in [0.3, 0.4) is 0 Å². The summed E-state index contributed by atoms with van der Waals surface area (Å²) in [7, 11) is 1.51. The number of methoxy groups -OCH3 is 1. The summed E-state index contributed by atoms with van der Waals surface area (Å²) in [6, 6.07) is 18.1. The standard InChI is InChI=1S/C26H18ClN5O3S2/c1-35-23-9-8-15(11-18(23)27)32-25(34)21(12-16-5-4-10-36-16)31-26(32)37-14-22(33)17(13-28)24-29-19-6-2-3-7-20(19)30-24/h2-12,33H,14H2,1H3,(H,29,30). The molecule has 0 saturated heterocycles. The molecule has 2 N–H and O–H groups in total. The number of hydrogen-bond donors (Lipinski definition) is 2. The van der Waals surface area contributed by atoms with E-state index in [0.29, 0.717) is 27.1 Å². The molecule has 1 aliphatic rings. The molecule has 0 aliphatic carbocycles. The molecule has 2 aromatic carbocycles. The Labute approximate surface area is 225 Å². The number of halogens is 1. The van der Waals surface area contributed by atoms with E-state index in [0.717, 1.165) is 22.2 Å². The van der Waals surface area contributed by atoms with Crippen molar-refractivity contribution in [3.8, 4) is 11.8 Å². The zero-order valence-corrected chi connectivity index (χ0v) is 21.7. The van der Waals surface area contributed by atoms with Gasteiger partial charge in [0.15, 0.2) is 11.0 Å². The number of carbonyl (C=O) groups is 1. The number of amides is 1. The third kappa shape index (κ3) is 4.97. The van der Waals surface area contributed by atoms with E-state index in [1.54, 1.807) is 24.3 Å². The zero-order chi connectivity index (χ0) is 25.9. The molecule has 8 nitrogen and oxygen atoms in total. The van der Waals surface area contributed by atoms with Crippen LogP contribution < -0.4 is 9.64 Å². The zero-order valence-electron chi connectivity index (χ0n) is 19.3. The van der Waals surface area contributed by atoms with Gasteiger partial charge in [-0.15, -0.1) is 11.3 Å². The smallest absolute Gasteiger partial charge is 0.283 e. The first kappa shape index (κ1) is 24.6. The molecule has 3 heterocycles. The van der Waals surface area contributed by atoms with Gasteiger partial charge >= 0.3 is 0 Å². The van der Waals surface area contributed by atoms with E-state index in [1.165, 1.54) is 23.3 Å². The van der Waals surface area contributed by atoms with Gasteiger partial charge in [-0.25, -0.2) is 9.98 Å². The average molecular weight is 548 g/mol. The maximum atomic E-state index is 13.4. The molecule has 0 atom stereocenters. The maximum absolute atomic E-state index is 13.4. The molecule has 0 bridgehead atoms. The van der Waals surface area contributed by atoms with Gasteiger partial charge in [0.1, 0.15) is 28.8 Å². The summed E-state index contributed by atoms with van der Waals surface area (Å²) in [4.78, 5) is 27.7. The Morgan fingerprint density at radius 1 is 1.30 bits per heavy atom. The van der Waals surface area contributed by atoms with Crippen molar-refractivity contribution in [2.75, 3.05) is 17.8 Å². The number of benzene rings is 2. The van der Waals surface area contributed by atoms with Crippen molar-refractivity contribution >= 4 is 74.1 Å². The lowest BCUT2D eigenvalue weighted by atomic mass is 10.2. The molecule has 5 rings (SSSR count). The minimum absolute atomic E-state index is 0.0152. The Hall–Kier alpha value is -4.04. The van der Waals surface area contributed by atoms with E-state index in [4.69, 9.17) is 16.3 Å². The van der Waals surface area contributed by atoms with Gasteiger partial charge < -0.3 is 14.8 Å². The summed E-state index contributed by atoms with van der Waals surface area (Å²) >= 11 is 8.93. The van der Waals surface area contributed by atoms with Crippen LogP contribution in [0.15, 0.2) is 76.4 Å². The number of aliphatic hydroxyl groups excluding tert-OH is 1. The monoisotopic (exact) mass is 547 g/mol. The highest BCUT2D eigenvalue weighted by Gasteiger charge is 2.33. The first-order valence-corrected chi connectivity index (χ1v) is 13.1. The SMILES string of the molecule is COc1ccc(N2C(=O)C(=Cc3cccs3)N=C2SCC(O)=C(C#N)c2nc3ccccc3[nH]2)cc1Cl. The van der Waals surface area contributed by atoms with Crippen molar-refractivity contribution in [3.05, 3.63) is 87.2 Å². The molecule has 4 aromatic rings. The van der Waals surface area contributed by atoms with Crippen LogP contribution in [-0.4, -0.2) is 39.0 Å². The molecule has 0 radical (unpaired) electrons. The molecular weight excluding hydrogens is 530 g/mol. The van der Waals surface area contributed by atoms with E-state index < -0.39 is 0 Å². The molecule has 0 unspecified atom stereocenters. The molecule has 184 valence electrons. The fourth-order valence-electron chi connectivity index (χ4n) is 3.65. The number of nitrogens with zero attached hydrogens (tertiary/aromatic N) is 4. The summed E-state index contributed by atoms with van der Waals surface area (Å²) < 4.78 is 5.23. The predicted octanol–water partition coefficient (Wildman–Crippen LogP) is 6.26. The van der Waals surface area contributed by atoms with Crippen molar-refractivity contribution < 1.29 is 14.6 Å². The molecule has 0 fully saturated rings.